The lowest BCUT2D eigenvalue weighted by Crippen LogP contribution is -1.95. The average Bonchev–Trinajstić information content (AvgIpc) is 2.26. The Morgan fingerprint density at radius 3 is 2.94 bits per heavy atom. The van der Waals surface area contributed by atoms with Gasteiger partial charge < -0.3 is 4.74 Å². The van der Waals surface area contributed by atoms with Crippen LogP contribution in [0.25, 0.3) is 10.9 Å². The molecule has 0 aliphatic heterocycles. The van der Waals surface area contributed by atoms with Crippen LogP contribution in [0.4, 0.5) is 4.39 Å². The van der Waals surface area contributed by atoms with Gasteiger partial charge in [0.1, 0.15) is 0 Å². The van der Waals surface area contributed by atoms with E-state index < -0.39 is 5.82 Å². The zero-order chi connectivity index (χ0) is 11.7. The molecule has 0 N–H and O–H groups in total. The molecule has 0 unspecified atom stereocenters. The summed E-state index contributed by atoms with van der Waals surface area (Å²) in [5.41, 5.74) is 0.534. The fraction of sp³-hybridized carbons (Fsp3) is 0.182. The lowest BCUT2D eigenvalue weighted by atomic mass is 10.2. The van der Waals surface area contributed by atoms with E-state index in [-0.39, 0.29) is 5.75 Å². The number of pyridine rings is 1. The highest BCUT2D eigenvalue weighted by Crippen LogP contribution is 2.31. The zero-order valence-corrected chi connectivity index (χ0v) is 11.3. The normalized spacial score (nSPS) is 10.8. The molecule has 1 aromatic heterocycles. The van der Waals surface area contributed by atoms with Crippen LogP contribution in [0.2, 0.25) is 5.02 Å². The molecule has 84 valence electrons. The second-order valence-electron chi connectivity index (χ2n) is 3.15. The molecular formula is C11H8ClFINO. The molecular weight excluding hydrogens is 343 g/mol. The van der Waals surface area contributed by atoms with Gasteiger partial charge >= 0.3 is 0 Å². The Bertz CT molecular complexity index is 547. The SMILES string of the molecule is CCOc1cc2c(Cl)c(I)cnc2cc1F. The van der Waals surface area contributed by atoms with Gasteiger partial charge in [0.25, 0.3) is 0 Å². The van der Waals surface area contributed by atoms with E-state index in [0.29, 0.717) is 22.5 Å². The van der Waals surface area contributed by atoms with E-state index in [1.807, 2.05) is 0 Å². The maximum absolute atomic E-state index is 13.5. The van der Waals surface area contributed by atoms with Gasteiger partial charge in [-0.1, -0.05) is 11.6 Å². The zero-order valence-electron chi connectivity index (χ0n) is 8.43. The summed E-state index contributed by atoms with van der Waals surface area (Å²) < 4.78 is 19.5. The molecule has 0 saturated heterocycles. The molecule has 0 aliphatic carbocycles. The lowest BCUT2D eigenvalue weighted by molar-refractivity contribution is 0.322. The third-order valence-electron chi connectivity index (χ3n) is 2.11. The van der Waals surface area contributed by atoms with Crippen molar-refractivity contribution in [2.45, 2.75) is 6.92 Å². The number of benzene rings is 1. The summed E-state index contributed by atoms with van der Waals surface area (Å²) in [6.45, 7) is 2.22. The Labute approximate surface area is 111 Å². The van der Waals surface area contributed by atoms with Gasteiger partial charge in [-0.3, -0.25) is 4.98 Å². The second kappa shape index (κ2) is 4.71. The van der Waals surface area contributed by atoms with Crippen LogP contribution in [0.15, 0.2) is 18.3 Å². The molecule has 2 rings (SSSR count). The largest absolute Gasteiger partial charge is 0.491 e. The molecule has 0 radical (unpaired) electrons. The number of nitrogens with zero attached hydrogens (tertiary/aromatic N) is 1. The number of hydrogen-bond donors (Lipinski definition) is 0. The van der Waals surface area contributed by atoms with Crippen molar-refractivity contribution >= 4 is 45.1 Å². The summed E-state index contributed by atoms with van der Waals surface area (Å²) in [5, 5.41) is 1.28. The molecule has 16 heavy (non-hydrogen) atoms. The summed E-state index contributed by atoms with van der Waals surface area (Å²) >= 11 is 8.21. The van der Waals surface area contributed by atoms with Crippen LogP contribution < -0.4 is 4.74 Å². The number of ether oxygens (including phenoxy) is 1. The molecule has 1 heterocycles. The maximum Gasteiger partial charge on any atom is 0.167 e. The van der Waals surface area contributed by atoms with Crippen molar-refractivity contribution in [1.29, 1.82) is 0 Å². The van der Waals surface area contributed by atoms with E-state index in [1.54, 1.807) is 19.2 Å². The summed E-state index contributed by atoms with van der Waals surface area (Å²) in [6.07, 6.45) is 1.62. The third-order valence-corrected chi connectivity index (χ3v) is 3.66. The van der Waals surface area contributed by atoms with Crippen molar-refractivity contribution in [2.75, 3.05) is 6.61 Å². The Hall–Kier alpha value is -0.620. The molecule has 0 fully saturated rings. The fourth-order valence-electron chi connectivity index (χ4n) is 1.40. The number of halogens is 3. The molecule has 0 atom stereocenters. The van der Waals surface area contributed by atoms with Gasteiger partial charge in [-0.25, -0.2) is 4.39 Å². The van der Waals surface area contributed by atoms with Gasteiger partial charge in [0.2, 0.25) is 0 Å². The van der Waals surface area contributed by atoms with E-state index in [0.717, 1.165) is 3.57 Å². The summed E-state index contributed by atoms with van der Waals surface area (Å²) in [7, 11) is 0. The lowest BCUT2D eigenvalue weighted by Gasteiger charge is -2.07. The summed E-state index contributed by atoms with van der Waals surface area (Å²) in [4.78, 5) is 4.12. The molecule has 0 amide bonds. The van der Waals surface area contributed by atoms with Gasteiger partial charge in [0, 0.05) is 17.6 Å². The van der Waals surface area contributed by atoms with Crippen LogP contribution in [0.3, 0.4) is 0 Å². The molecule has 2 nitrogen and oxygen atoms in total. The van der Waals surface area contributed by atoms with Gasteiger partial charge in [-0.15, -0.1) is 0 Å². The van der Waals surface area contributed by atoms with E-state index in [2.05, 4.69) is 27.6 Å². The van der Waals surface area contributed by atoms with Crippen LogP contribution in [-0.2, 0) is 0 Å². The first kappa shape index (κ1) is 11.9. The van der Waals surface area contributed by atoms with Crippen molar-refractivity contribution < 1.29 is 9.13 Å². The summed E-state index contributed by atoms with van der Waals surface area (Å²) in [5.74, 6) is -0.208. The van der Waals surface area contributed by atoms with Crippen LogP contribution in [0.1, 0.15) is 6.92 Å². The van der Waals surface area contributed by atoms with E-state index >= 15 is 0 Å². The highest BCUT2D eigenvalue weighted by atomic mass is 127. The van der Waals surface area contributed by atoms with E-state index in [9.17, 15) is 4.39 Å². The highest BCUT2D eigenvalue weighted by molar-refractivity contribution is 14.1. The van der Waals surface area contributed by atoms with Crippen molar-refractivity contribution in [3.63, 3.8) is 0 Å². The van der Waals surface area contributed by atoms with Crippen LogP contribution >= 0.6 is 34.2 Å². The second-order valence-corrected chi connectivity index (χ2v) is 4.69. The van der Waals surface area contributed by atoms with Crippen LogP contribution in [0.5, 0.6) is 5.75 Å². The number of rotatable bonds is 2. The number of aromatic nitrogens is 1. The molecule has 0 saturated carbocycles. The Morgan fingerprint density at radius 2 is 2.25 bits per heavy atom. The van der Waals surface area contributed by atoms with Crippen molar-refractivity contribution in [2.24, 2.45) is 0 Å². The minimum atomic E-state index is -0.417. The standard InChI is InChI=1S/C11H8ClFINO/c1-2-16-10-3-6-9(4-7(10)13)15-5-8(14)11(6)12/h3-5H,2H2,1H3. The minimum Gasteiger partial charge on any atom is -0.491 e. The Balaban J connectivity index is 2.70. The summed E-state index contributed by atoms with van der Waals surface area (Å²) in [6, 6.07) is 2.92. The minimum absolute atomic E-state index is 0.209. The fourth-order valence-corrected chi connectivity index (χ4v) is 2.03. The predicted molar refractivity (Wildman–Crippen MR) is 70.6 cm³/mol. The molecule has 2 aromatic rings. The first-order valence-corrected chi connectivity index (χ1v) is 6.15. The molecule has 0 aliphatic rings. The quantitative estimate of drug-likeness (QED) is 0.762. The van der Waals surface area contributed by atoms with Gasteiger partial charge in [0.15, 0.2) is 11.6 Å². The van der Waals surface area contributed by atoms with E-state index in [4.69, 9.17) is 16.3 Å². The molecule has 0 bridgehead atoms. The number of hydrogen-bond acceptors (Lipinski definition) is 2. The van der Waals surface area contributed by atoms with Crippen molar-refractivity contribution in [3.8, 4) is 5.75 Å². The van der Waals surface area contributed by atoms with E-state index in [1.165, 1.54) is 6.07 Å². The van der Waals surface area contributed by atoms with Crippen LogP contribution in [0, 0.1) is 9.39 Å². The van der Waals surface area contributed by atoms with Crippen LogP contribution in [-0.4, -0.2) is 11.6 Å². The molecule has 5 heteroatoms. The topological polar surface area (TPSA) is 22.1 Å². The monoisotopic (exact) mass is 351 g/mol. The van der Waals surface area contributed by atoms with Crippen molar-refractivity contribution in [1.82, 2.24) is 4.98 Å². The van der Waals surface area contributed by atoms with Gasteiger partial charge in [0.05, 0.1) is 20.7 Å². The Morgan fingerprint density at radius 1 is 1.50 bits per heavy atom. The van der Waals surface area contributed by atoms with Gasteiger partial charge in [-0.05, 0) is 35.6 Å². The Kier molecular flexibility index (Phi) is 3.49. The number of fused-ring (bicyclic) bond motifs is 1. The maximum atomic E-state index is 13.5. The molecule has 1 aromatic carbocycles. The highest BCUT2D eigenvalue weighted by Gasteiger charge is 2.10. The third kappa shape index (κ3) is 2.08. The predicted octanol–water partition coefficient (Wildman–Crippen LogP) is 4.03. The average molecular weight is 352 g/mol. The first-order chi connectivity index (χ1) is 7.63. The molecule has 0 spiro atoms. The van der Waals surface area contributed by atoms with Gasteiger partial charge in [-0.2, -0.15) is 0 Å². The first-order valence-electron chi connectivity index (χ1n) is 4.69. The van der Waals surface area contributed by atoms with Crippen molar-refractivity contribution in [3.05, 3.63) is 32.7 Å². The smallest absolute Gasteiger partial charge is 0.167 e.